The number of carbonyl (C=O) groups excluding carboxylic acids is 1. The maximum atomic E-state index is 12.2. The number of anilines is 1. The lowest BCUT2D eigenvalue weighted by Gasteiger charge is -2.29. The Labute approximate surface area is 138 Å². The number of fused-ring (bicyclic) bond motifs is 1. The van der Waals surface area contributed by atoms with Crippen molar-refractivity contribution in [2.75, 3.05) is 18.4 Å². The number of amides is 1. The number of carbonyl (C=O) groups is 1. The fourth-order valence-electron chi connectivity index (χ4n) is 2.76. The molecule has 2 aromatic rings. The summed E-state index contributed by atoms with van der Waals surface area (Å²) in [5, 5.41) is 10.9. The van der Waals surface area contributed by atoms with Crippen molar-refractivity contribution in [2.45, 2.75) is 19.4 Å². The molecular formula is C15H16Cl2N4O. The summed E-state index contributed by atoms with van der Waals surface area (Å²) in [5.41, 5.74) is 2.89. The van der Waals surface area contributed by atoms with Gasteiger partial charge in [0.05, 0.1) is 23.5 Å². The summed E-state index contributed by atoms with van der Waals surface area (Å²) in [4.78, 5) is 14.3. The Morgan fingerprint density at radius 1 is 1.50 bits per heavy atom. The van der Waals surface area contributed by atoms with Gasteiger partial charge in [-0.05, 0) is 18.2 Å². The number of aromatic nitrogens is 2. The number of aromatic amines is 1. The molecule has 0 saturated heterocycles. The topological polar surface area (TPSA) is 61.0 Å². The van der Waals surface area contributed by atoms with Crippen LogP contribution in [0.15, 0.2) is 24.4 Å². The highest BCUT2D eigenvalue weighted by Gasteiger charge is 2.25. The van der Waals surface area contributed by atoms with Gasteiger partial charge < -0.3 is 5.32 Å². The van der Waals surface area contributed by atoms with E-state index >= 15 is 0 Å². The molecule has 1 aromatic heterocycles. The Balaban J connectivity index is 1.63. The minimum atomic E-state index is -0.0941. The molecule has 0 saturated carbocycles. The fourth-order valence-corrected chi connectivity index (χ4v) is 3.22. The van der Waals surface area contributed by atoms with Crippen LogP contribution in [-0.2, 0) is 11.3 Å². The number of halogens is 2. The van der Waals surface area contributed by atoms with Gasteiger partial charge in [0.1, 0.15) is 0 Å². The lowest BCUT2D eigenvalue weighted by molar-refractivity contribution is -0.117. The molecule has 3 rings (SSSR count). The number of nitrogens with one attached hydrogen (secondary N) is 2. The van der Waals surface area contributed by atoms with Gasteiger partial charge in [-0.3, -0.25) is 14.8 Å². The summed E-state index contributed by atoms with van der Waals surface area (Å²) < 4.78 is 0. The van der Waals surface area contributed by atoms with E-state index in [9.17, 15) is 4.79 Å². The Hall–Kier alpha value is -1.56. The monoisotopic (exact) mass is 338 g/mol. The first kappa shape index (κ1) is 15.3. The van der Waals surface area contributed by atoms with Crippen LogP contribution >= 0.6 is 23.2 Å². The predicted octanol–water partition coefficient (Wildman–Crippen LogP) is 3.27. The van der Waals surface area contributed by atoms with Gasteiger partial charge in [0.25, 0.3) is 0 Å². The van der Waals surface area contributed by atoms with E-state index in [2.05, 4.69) is 27.3 Å². The Morgan fingerprint density at radius 2 is 2.32 bits per heavy atom. The number of benzene rings is 1. The minimum absolute atomic E-state index is 0.0941. The normalized spacial score (nSPS) is 18.0. The zero-order valence-electron chi connectivity index (χ0n) is 12.1. The third-order valence-corrected chi connectivity index (χ3v) is 4.29. The van der Waals surface area contributed by atoms with E-state index in [1.165, 1.54) is 0 Å². The van der Waals surface area contributed by atoms with E-state index < -0.39 is 0 Å². The summed E-state index contributed by atoms with van der Waals surface area (Å²) in [6.45, 7) is 3.97. The van der Waals surface area contributed by atoms with Gasteiger partial charge in [-0.15, -0.1) is 0 Å². The van der Waals surface area contributed by atoms with E-state index in [4.69, 9.17) is 23.2 Å². The van der Waals surface area contributed by atoms with E-state index in [-0.39, 0.29) is 5.91 Å². The Kier molecular flexibility index (Phi) is 4.38. The lowest BCUT2D eigenvalue weighted by Crippen LogP contribution is -2.38. The van der Waals surface area contributed by atoms with E-state index in [0.29, 0.717) is 28.2 Å². The van der Waals surface area contributed by atoms with Crippen molar-refractivity contribution in [2.24, 2.45) is 0 Å². The summed E-state index contributed by atoms with van der Waals surface area (Å²) in [6, 6.07) is 5.01. The van der Waals surface area contributed by atoms with E-state index in [0.717, 1.165) is 24.3 Å². The van der Waals surface area contributed by atoms with Crippen LogP contribution < -0.4 is 5.32 Å². The zero-order valence-corrected chi connectivity index (χ0v) is 13.6. The average Bonchev–Trinajstić information content (AvgIpc) is 2.91. The molecule has 0 aliphatic carbocycles. The quantitative estimate of drug-likeness (QED) is 0.902. The molecule has 7 heteroatoms. The van der Waals surface area contributed by atoms with Crippen LogP contribution in [0.5, 0.6) is 0 Å². The zero-order chi connectivity index (χ0) is 15.7. The van der Waals surface area contributed by atoms with Crippen molar-refractivity contribution in [3.63, 3.8) is 0 Å². The minimum Gasteiger partial charge on any atom is -0.324 e. The highest BCUT2D eigenvalue weighted by atomic mass is 35.5. The average molecular weight is 339 g/mol. The third-order valence-electron chi connectivity index (χ3n) is 3.74. The lowest BCUT2D eigenvalue weighted by atomic mass is 9.98. The molecule has 0 bridgehead atoms. The number of rotatable bonds is 3. The molecule has 1 aromatic carbocycles. The predicted molar refractivity (Wildman–Crippen MR) is 87.4 cm³/mol. The van der Waals surface area contributed by atoms with Crippen LogP contribution in [0, 0.1) is 0 Å². The first-order chi connectivity index (χ1) is 10.5. The summed E-state index contributed by atoms with van der Waals surface area (Å²) in [6.07, 6.45) is 1.83. The van der Waals surface area contributed by atoms with Crippen LogP contribution in [0.25, 0.3) is 0 Å². The fraction of sp³-hybridized carbons (Fsp3) is 0.333. The number of H-pyrrole nitrogens is 1. The van der Waals surface area contributed by atoms with Gasteiger partial charge in [-0.1, -0.05) is 30.1 Å². The van der Waals surface area contributed by atoms with Crippen molar-refractivity contribution in [1.82, 2.24) is 15.1 Å². The van der Waals surface area contributed by atoms with Gasteiger partial charge in [0.15, 0.2) is 0 Å². The molecule has 1 aliphatic heterocycles. The van der Waals surface area contributed by atoms with Gasteiger partial charge in [0, 0.05) is 35.3 Å². The first-order valence-electron chi connectivity index (χ1n) is 7.02. The van der Waals surface area contributed by atoms with Gasteiger partial charge >= 0.3 is 0 Å². The summed E-state index contributed by atoms with van der Waals surface area (Å²) >= 11 is 11.9. The van der Waals surface area contributed by atoms with Gasteiger partial charge in [-0.2, -0.15) is 5.10 Å². The maximum Gasteiger partial charge on any atom is 0.238 e. The molecule has 0 fully saturated rings. The van der Waals surface area contributed by atoms with Gasteiger partial charge in [-0.25, -0.2) is 0 Å². The Morgan fingerprint density at radius 3 is 3.09 bits per heavy atom. The molecule has 1 atom stereocenters. The third kappa shape index (κ3) is 3.27. The number of hydrogen-bond donors (Lipinski definition) is 2. The van der Waals surface area contributed by atoms with Crippen molar-refractivity contribution in [1.29, 1.82) is 0 Å². The summed E-state index contributed by atoms with van der Waals surface area (Å²) in [7, 11) is 0. The van der Waals surface area contributed by atoms with Crippen molar-refractivity contribution >= 4 is 34.8 Å². The molecule has 0 radical (unpaired) electrons. The number of nitrogens with zero attached hydrogens (tertiary/aromatic N) is 2. The second-order valence-electron chi connectivity index (χ2n) is 5.55. The first-order valence-corrected chi connectivity index (χ1v) is 7.78. The SMILES string of the molecule is C[C@H]1CN(CC(=O)Nc2ccc(Cl)cc2Cl)Cc2cn[nH]c21. The molecular weight excluding hydrogens is 323 g/mol. The van der Waals surface area contributed by atoms with Crippen LogP contribution in [0.3, 0.4) is 0 Å². The molecule has 22 heavy (non-hydrogen) atoms. The van der Waals surface area contributed by atoms with Crippen LogP contribution in [0.1, 0.15) is 24.1 Å². The molecule has 1 amide bonds. The van der Waals surface area contributed by atoms with Crippen molar-refractivity contribution < 1.29 is 4.79 Å². The molecule has 116 valence electrons. The van der Waals surface area contributed by atoms with Crippen LogP contribution in [0.2, 0.25) is 10.0 Å². The van der Waals surface area contributed by atoms with Crippen molar-refractivity contribution in [3.05, 3.63) is 45.7 Å². The van der Waals surface area contributed by atoms with Crippen LogP contribution in [-0.4, -0.2) is 34.1 Å². The van der Waals surface area contributed by atoms with Crippen molar-refractivity contribution in [3.8, 4) is 0 Å². The molecule has 1 aliphatic rings. The second kappa shape index (κ2) is 6.28. The largest absolute Gasteiger partial charge is 0.324 e. The maximum absolute atomic E-state index is 12.2. The van der Waals surface area contributed by atoms with Crippen LogP contribution in [0.4, 0.5) is 5.69 Å². The highest BCUT2D eigenvalue weighted by Crippen LogP contribution is 2.27. The van der Waals surface area contributed by atoms with Gasteiger partial charge in [0.2, 0.25) is 5.91 Å². The Bertz CT molecular complexity index is 701. The van der Waals surface area contributed by atoms with E-state index in [1.54, 1.807) is 18.2 Å². The number of hydrogen-bond acceptors (Lipinski definition) is 3. The second-order valence-corrected chi connectivity index (χ2v) is 6.40. The molecule has 0 spiro atoms. The smallest absolute Gasteiger partial charge is 0.238 e. The standard InChI is InChI=1S/C15H16Cl2N4O/c1-9-6-21(7-10-5-18-20-15(9)10)8-14(22)19-13-3-2-11(16)4-12(13)17/h2-5,9H,6-8H2,1H3,(H,18,20)(H,19,22)/t9-/m0/s1. The highest BCUT2D eigenvalue weighted by molar-refractivity contribution is 6.36. The molecule has 5 nitrogen and oxygen atoms in total. The summed E-state index contributed by atoms with van der Waals surface area (Å²) in [5.74, 6) is 0.238. The molecule has 2 heterocycles. The molecule has 2 N–H and O–H groups in total. The molecule has 0 unspecified atom stereocenters. The van der Waals surface area contributed by atoms with E-state index in [1.807, 2.05) is 6.20 Å².